The second-order valence-electron chi connectivity index (χ2n) is 5.08. The van der Waals surface area contributed by atoms with E-state index >= 15 is 0 Å². The highest BCUT2D eigenvalue weighted by molar-refractivity contribution is 7.46. The van der Waals surface area contributed by atoms with Crippen molar-refractivity contribution in [3.63, 3.8) is 0 Å². The standard InChI is InChI=1S/C8H19O15P3/c1-2-20-6-3(9)5(21-24(11,12)13)4(10)7(22-25(14,15)16)8(6)23-26(17,18)19/h3-10H,2H2,1H3,(H2,11,12,13)(H2,14,15,16)(H2,17,18,19)/t3-,4-,5+,6-,7+,8+/m0/s1. The molecule has 0 heterocycles. The van der Waals surface area contributed by atoms with E-state index in [1.54, 1.807) is 0 Å². The molecule has 1 saturated carbocycles. The van der Waals surface area contributed by atoms with Crippen LogP contribution >= 0.6 is 23.5 Å². The first kappa shape index (κ1) is 24.2. The maximum atomic E-state index is 11.1. The Morgan fingerprint density at radius 3 is 1.38 bits per heavy atom. The van der Waals surface area contributed by atoms with Gasteiger partial charge >= 0.3 is 23.5 Å². The molecule has 1 rings (SSSR count). The largest absolute Gasteiger partial charge is 0.470 e. The fourth-order valence-corrected chi connectivity index (χ4v) is 4.07. The minimum atomic E-state index is -5.40. The van der Waals surface area contributed by atoms with Crippen LogP contribution in [0.15, 0.2) is 0 Å². The molecule has 1 fully saturated rings. The van der Waals surface area contributed by atoms with Gasteiger partial charge < -0.3 is 44.3 Å². The van der Waals surface area contributed by atoms with Crippen LogP contribution in [0, 0.1) is 0 Å². The van der Waals surface area contributed by atoms with Gasteiger partial charge in [0.15, 0.2) is 0 Å². The number of phosphoric acid groups is 3. The van der Waals surface area contributed by atoms with Crippen LogP contribution in [-0.2, 0) is 32.0 Å². The zero-order valence-electron chi connectivity index (χ0n) is 12.9. The normalized spacial score (nSPS) is 34.0. The average molecular weight is 448 g/mol. The molecular formula is C8H19O15P3. The summed E-state index contributed by atoms with van der Waals surface area (Å²) in [5.41, 5.74) is 0. The molecule has 0 aromatic carbocycles. The molecule has 0 aromatic rings. The van der Waals surface area contributed by atoms with E-state index in [0.717, 1.165) is 0 Å². The Labute approximate surface area is 146 Å². The highest BCUT2D eigenvalue weighted by atomic mass is 31.2. The Morgan fingerprint density at radius 2 is 1.00 bits per heavy atom. The van der Waals surface area contributed by atoms with Crippen molar-refractivity contribution in [3.05, 3.63) is 0 Å². The lowest BCUT2D eigenvalue weighted by atomic mass is 9.85. The molecule has 0 unspecified atom stereocenters. The highest BCUT2D eigenvalue weighted by Crippen LogP contribution is 2.49. The average Bonchev–Trinajstić information content (AvgIpc) is 2.40. The van der Waals surface area contributed by atoms with E-state index in [2.05, 4.69) is 13.6 Å². The second-order valence-corrected chi connectivity index (χ2v) is 8.66. The number of hydrogen-bond donors (Lipinski definition) is 8. The van der Waals surface area contributed by atoms with Crippen LogP contribution in [0.25, 0.3) is 0 Å². The van der Waals surface area contributed by atoms with Gasteiger partial charge in [0, 0.05) is 6.61 Å². The number of aliphatic hydroxyl groups is 2. The maximum Gasteiger partial charge on any atom is 0.470 e. The van der Waals surface area contributed by atoms with Crippen LogP contribution in [0.3, 0.4) is 0 Å². The van der Waals surface area contributed by atoms with Gasteiger partial charge in [-0.25, -0.2) is 13.7 Å². The number of hydrogen-bond acceptors (Lipinski definition) is 9. The lowest BCUT2D eigenvalue weighted by Gasteiger charge is -2.45. The molecule has 0 aromatic heterocycles. The van der Waals surface area contributed by atoms with Crippen LogP contribution in [0.1, 0.15) is 6.92 Å². The zero-order chi connectivity index (χ0) is 20.5. The van der Waals surface area contributed by atoms with Crippen molar-refractivity contribution >= 4 is 23.5 Å². The third kappa shape index (κ3) is 7.32. The summed E-state index contributed by atoms with van der Waals surface area (Å²) in [5.74, 6) is 0. The smallest absolute Gasteiger partial charge is 0.387 e. The molecule has 1 aliphatic rings. The topological polar surface area (TPSA) is 250 Å². The van der Waals surface area contributed by atoms with E-state index in [1.165, 1.54) is 6.92 Å². The SMILES string of the molecule is CCO[C@H]1[C@@H](O)[C@@H](OP(=O)(O)O)[C@H](O)[C@@H](OP(=O)(O)O)[C@@H]1OP(=O)(O)O. The summed E-state index contributed by atoms with van der Waals surface area (Å²) in [7, 11) is -16.1. The summed E-state index contributed by atoms with van der Waals surface area (Å²) < 4.78 is 51.0. The molecule has 26 heavy (non-hydrogen) atoms. The Bertz CT molecular complexity index is 606. The minimum absolute atomic E-state index is 0.232. The molecule has 8 N–H and O–H groups in total. The molecule has 6 atom stereocenters. The Hall–Kier alpha value is 0.210. The van der Waals surface area contributed by atoms with Crippen molar-refractivity contribution in [2.75, 3.05) is 6.61 Å². The van der Waals surface area contributed by atoms with Crippen molar-refractivity contribution < 1.29 is 71.6 Å². The highest BCUT2D eigenvalue weighted by Gasteiger charge is 2.57. The number of ether oxygens (including phenoxy) is 1. The monoisotopic (exact) mass is 448 g/mol. The van der Waals surface area contributed by atoms with Gasteiger partial charge in [0.25, 0.3) is 0 Å². The van der Waals surface area contributed by atoms with Gasteiger partial charge in [0.05, 0.1) is 0 Å². The molecule has 0 saturated heterocycles. The summed E-state index contributed by atoms with van der Waals surface area (Å²) in [6.45, 7) is 1.13. The summed E-state index contributed by atoms with van der Waals surface area (Å²) >= 11 is 0. The molecular weight excluding hydrogens is 429 g/mol. The molecule has 0 aliphatic heterocycles. The molecule has 156 valence electrons. The molecule has 0 amide bonds. The van der Waals surface area contributed by atoms with Gasteiger partial charge in [-0.2, -0.15) is 0 Å². The summed E-state index contributed by atoms with van der Waals surface area (Å²) in [6.07, 6.45) is -13.0. The third-order valence-electron chi connectivity index (χ3n) is 3.13. The molecule has 1 aliphatic carbocycles. The van der Waals surface area contributed by atoms with Gasteiger partial charge in [-0.05, 0) is 6.92 Å². The van der Waals surface area contributed by atoms with Crippen LogP contribution in [0.2, 0.25) is 0 Å². The predicted octanol–water partition coefficient (Wildman–Crippen LogP) is -2.44. The fraction of sp³-hybridized carbons (Fsp3) is 1.00. The van der Waals surface area contributed by atoms with Gasteiger partial charge in [-0.15, -0.1) is 0 Å². The van der Waals surface area contributed by atoms with Gasteiger partial charge in [-0.3, -0.25) is 13.6 Å². The lowest BCUT2D eigenvalue weighted by Crippen LogP contribution is -2.65. The summed E-state index contributed by atoms with van der Waals surface area (Å²) in [6, 6.07) is 0. The van der Waals surface area contributed by atoms with Crippen LogP contribution in [-0.4, -0.2) is 82.8 Å². The maximum absolute atomic E-state index is 11.1. The van der Waals surface area contributed by atoms with E-state index in [9.17, 15) is 23.9 Å². The van der Waals surface area contributed by atoms with Gasteiger partial charge in [0.2, 0.25) is 0 Å². The zero-order valence-corrected chi connectivity index (χ0v) is 15.6. The van der Waals surface area contributed by atoms with E-state index in [0.29, 0.717) is 0 Å². The summed E-state index contributed by atoms with van der Waals surface area (Å²) in [4.78, 5) is 53.5. The first-order valence-corrected chi connectivity index (χ1v) is 11.3. The first-order valence-electron chi connectivity index (χ1n) is 6.75. The second kappa shape index (κ2) is 8.70. The fourth-order valence-electron chi connectivity index (χ4n) is 2.38. The van der Waals surface area contributed by atoms with E-state index in [1.807, 2.05) is 0 Å². The Balaban J connectivity index is 3.36. The van der Waals surface area contributed by atoms with Crippen molar-refractivity contribution in [3.8, 4) is 0 Å². The molecule has 0 spiro atoms. The quantitative estimate of drug-likeness (QED) is 0.180. The summed E-state index contributed by atoms with van der Waals surface area (Å²) in [5, 5.41) is 20.2. The molecule has 0 radical (unpaired) electrons. The Morgan fingerprint density at radius 1 is 0.654 bits per heavy atom. The van der Waals surface area contributed by atoms with Crippen molar-refractivity contribution in [2.45, 2.75) is 43.5 Å². The third-order valence-corrected chi connectivity index (χ3v) is 4.68. The Kier molecular flexibility index (Phi) is 8.11. The molecule has 15 nitrogen and oxygen atoms in total. The van der Waals surface area contributed by atoms with E-state index in [4.69, 9.17) is 34.1 Å². The van der Waals surface area contributed by atoms with Crippen molar-refractivity contribution in [1.29, 1.82) is 0 Å². The first-order chi connectivity index (χ1) is 11.6. The van der Waals surface area contributed by atoms with Crippen molar-refractivity contribution in [1.82, 2.24) is 0 Å². The van der Waals surface area contributed by atoms with Crippen molar-refractivity contribution in [2.24, 2.45) is 0 Å². The van der Waals surface area contributed by atoms with E-state index in [-0.39, 0.29) is 6.61 Å². The minimum Gasteiger partial charge on any atom is -0.387 e. The van der Waals surface area contributed by atoms with Crippen LogP contribution in [0.5, 0.6) is 0 Å². The molecule has 18 heteroatoms. The number of aliphatic hydroxyl groups excluding tert-OH is 2. The van der Waals surface area contributed by atoms with Gasteiger partial charge in [-0.1, -0.05) is 0 Å². The predicted molar refractivity (Wildman–Crippen MR) is 78.2 cm³/mol. The van der Waals surface area contributed by atoms with Crippen LogP contribution in [0.4, 0.5) is 0 Å². The number of rotatable bonds is 8. The van der Waals surface area contributed by atoms with Gasteiger partial charge in [0.1, 0.15) is 36.6 Å². The van der Waals surface area contributed by atoms with Crippen LogP contribution < -0.4 is 0 Å². The molecule has 0 bridgehead atoms. The van der Waals surface area contributed by atoms with E-state index < -0.39 is 60.1 Å². The number of phosphoric ester groups is 3. The lowest BCUT2D eigenvalue weighted by molar-refractivity contribution is -0.224.